The van der Waals surface area contributed by atoms with Crippen LogP contribution >= 0.6 is 11.6 Å². The Morgan fingerprint density at radius 2 is 1.93 bits per heavy atom. The number of carbonyl (C=O) groups excluding carboxylic acids is 1. The van der Waals surface area contributed by atoms with Gasteiger partial charge in [-0.05, 0) is 23.3 Å². The molecule has 0 bridgehead atoms. The summed E-state index contributed by atoms with van der Waals surface area (Å²) in [6.45, 7) is 5.70. The number of halogens is 1. The van der Waals surface area contributed by atoms with Crippen molar-refractivity contribution < 1.29 is 14.3 Å². The minimum absolute atomic E-state index is 0.0633. The predicted molar refractivity (Wildman–Crippen MR) is 116 cm³/mol. The van der Waals surface area contributed by atoms with Gasteiger partial charge in [0.1, 0.15) is 6.10 Å². The zero-order valence-corrected chi connectivity index (χ0v) is 17.9. The molecule has 0 aliphatic carbocycles. The fourth-order valence-electron chi connectivity index (χ4n) is 3.90. The number of nitrogens with zero attached hydrogens (tertiary/aromatic N) is 3. The summed E-state index contributed by atoms with van der Waals surface area (Å²) in [6.07, 6.45) is 3.14. The number of amides is 1. The quantitative estimate of drug-likeness (QED) is 0.706. The first-order valence-electron chi connectivity index (χ1n) is 10.6. The van der Waals surface area contributed by atoms with E-state index in [9.17, 15) is 4.79 Å². The average molecular weight is 430 g/mol. The van der Waals surface area contributed by atoms with Crippen LogP contribution in [0.5, 0.6) is 0 Å². The minimum Gasteiger partial charge on any atom is -0.378 e. The van der Waals surface area contributed by atoms with Crippen molar-refractivity contribution in [2.45, 2.75) is 18.9 Å². The van der Waals surface area contributed by atoms with Crippen molar-refractivity contribution in [3.05, 3.63) is 64.4 Å². The van der Waals surface area contributed by atoms with Gasteiger partial charge in [0.25, 0.3) is 0 Å². The normalized spacial score (nSPS) is 20.3. The Bertz CT molecular complexity index is 840. The summed E-state index contributed by atoms with van der Waals surface area (Å²) in [5.74, 6) is 0.211. The largest absolute Gasteiger partial charge is 0.378 e. The lowest BCUT2D eigenvalue weighted by molar-refractivity contribution is -0.136. The molecule has 1 aromatic carbocycles. The Balaban J connectivity index is 1.29. The first-order chi connectivity index (χ1) is 14.7. The molecule has 6 nitrogen and oxygen atoms in total. The van der Waals surface area contributed by atoms with E-state index in [4.69, 9.17) is 21.1 Å². The number of ether oxygens (including phenoxy) is 2. The molecule has 0 spiro atoms. The van der Waals surface area contributed by atoms with E-state index in [2.05, 4.69) is 16.0 Å². The summed E-state index contributed by atoms with van der Waals surface area (Å²) in [6, 6.07) is 12.0. The number of hydrogen-bond acceptors (Lipinski definition) is 5. The lowest BCUT2D eigenvalue weighted by atomic mass is 10.1. The zero-order chi connectivity index (χ0) is 20.8. The maximum absolute atomic E-state index is 12.4. The zero-order valence-electron chi connectivity index (χ0n) is 17.1. The van der Waals surface area contributed by atoms with Crippen LogP contribution in [-0.4, -0.2) is 73.2 Å². The van der Waals surface area contributed by atoms with Crippen LogP contribution in [0, 0.1) is 0 Å². The summed E-state index contributed by atoms with van der Waals surface area (Å²) in [5, 5.41) is 0.777. The van der Waals surface area contributed by atoms with Gasteiger partial charge < -0.3 is 14.4 Å². The summed E-state index contributed by atoms with van der Waals surface area (Å²) in [7, 11) is 0. The van der Waals surface area contributed by atoms with Gasteiger partial charge in [0.2, 0.25) is 5.91 Å². The fourth-order valence-corrected chi connectivity index (χ4v) is 4.10. The number of benzene rings is 1. The van der Waals surface area contributed by atoms with Gasteiger partial charge in [0, 0.05) is 56.8 Å². The number of rotatable bonds is 6. The van der Waals surface area contributed by atoms with Crippen molar-refractivity contribution in [2.75, 3.05) is 52.5 Å². The molecule has 1 atom stereocenters. The molecule has 2 saturated heterocycles. The molecule has 2 fully saturated rings. The second kappa shape index (κ2) is 10.4. The van der Waals surface area contributed by atoms with Crippen molar-refractivity contribution in [2.24, 2.45) is 0 Å². The molecule has 4 rings (SSSR count). The summed E-state index contributed by atoms with van der Waals surface area (Å²) in [5.41, 5.74) is 3.15. The molecule has 2 aromatic rings. The fraction of sp³-hybridized carbons (Fsp3) is 0.478. The lowest BCUT2D eigenvalue weighted by Crippen LogP contribution is -2.44. The van der Waals surface area contributed by atoms with Crippen LogP contribution in [0.25, 0.3) is 0 Å². The molecule has 2 aliphatic rings. The predicted octanol–water partition coefficient (Wildman–Crippen LogP) is 2.95. The third-order valence-corrected chi connectivity index (χ3v) is 6.05. The Labute approximate surface area is 182 Å². The van der Waals surface area contributed by atoms with Crippen molar-refractivity contribution in [1.29, 1.82) is 0 Å². The lowest BCUT2D eigenvalue weighted by Gasteiger charge is -2.33. The summed E-state index contributed by atoms with van der Waals surface area (Å²) in [4.78, 5) is 21.2. The van der Waals surface area contributed by atoms with Crippen LogP contribution in [0.2, 0.25) is 5.02 Å². The van der Waals surface area contributed by atoms with E-state index in [0.717, 1.165) is 47.9 Å². The van der Waals surface area contributed by atoms with E-state index in [-0.39, 0.29) is 12.0 Å². The van der Waals surface area contributed by atoms with E-state index in [0.29, 0.717) is 39.3 Å². The smallest absolute Gasteiger partial charge is 0.224 e. The summed E-state index contributed by atoms with van der Waals surface area (Å²) < 4.78 is 11.3. The van der Waals surface area contributed by atoms with Crippen LogP contribution in [0.1, 0.15) is 29.3 Å². The Morgan fingerprint density at radius 3 is 2.70 bits per heavy atom. The third-order valence-electron chi connectivity index (χ3n) is 5.69. The maximum Gasteiger partial charge on any atom is 0.224 e. The molecular formula is C23H28ClN3O3. The van der Waals surface area contributed by atoms with Gasteiger partial charge in [-0.2, -0.15) is 0 Å². The van der Waals surface area contributed by atoms with Gasteiger partial charge in [-0.1, -0.05) is 35.9 Å². The highest BCUT2D eigenvalue weighted by molar-refractivity contribution is 6.31. The van der Waals surface area contributed by atoms with Gasteiger partial charge in [-0.25, -0.2) is 0 Å². The number of carbonyl (C=O) groups is 1. The van der Waals surface area contributed by atoms with Gasteiger partial charge in [0.05, 0.1) is 25.5 Å². The maximum atomic E-state index is 12.4. The number of hydrogen-bond donors (Lipinski definition) is 0. The topological polar surface area (TPSA) is 54.9 Å². The van der Waals surface area contributed by atoms with Crippen molar-refractivity contribution in [1.82, 2.24) is 14.8 Å². The molecule has 0 saturated carbocycles. The van der Waals surface area contributed by atoms with E-state index in [1.165, 1.54) is 0 Å². The first kappa shape index (κ1) is 21.2. The molecule has 2 aliphatic heterocycles. The molecule has 0 N–H and O–H groups in total. The van der Waals surface area contributed by atoms with Crippen LogP contribution in [0.3, 0.4) is 0 Å². The molecule has 160 valence electrons. The van der Waals surface area contributed by atoms with E-state index in [1.807, 2.05) is 41.4 Å². The van der Waals surface area contributed by atoms with Gasteiger partial charge in [-0.15, -0.1) is 0 Å². The number of morpholine rings is 2. The van der Waals surface area contributed by atoms with Crippen LogP contribution in [0.4, 0.5) is 0 Å². The van der Waals surface area contributed by atoms with E-state index in [1.54, 1.807) is 0 Å². The molecule has 1 unspecified atom stereocenters. The number of aromatic nitrogens is 1. The van der Waals surface area contributed by atoms with Crippen LogP contribution < -0.4 is 0 Å². The molecule has 0 radical (unpaired) electrons. The van der Waals surface area contributed by atoms with Gasteiger partial charge >= 0.3 is 0 Å². The van der Waals surface area contributed by atoms with E-state index < -0.39 is 0 Å². The second-order valence-corrected chi connectivity index (χ2v) is 8.17. The Morgan fingerprint density at radius 1 is 1.10 bits per heavy atom. The summed E-state index contributed by atoms with van der Waals surface area (Å²) >= 11 is 6.27. The molecule has 1 amide bonds. The molecule has 3 heterocycles. The highest BCUT2D eigenvalue weighted by atomic mass is 35.5. The number of pyridine rings is 1. The van der Waals surface area contributed by atoms with Crippen LogP contribution in [-0.2, 0) is 20.7 Å². The van der Waals surface area contributed by atoms with Crippen LogP contribution in [0.15, 0.2) is 42.6 Å². The first-order valence-corrected chi connectivity index (χ1v) is 10.9. The highest BCUT2D eigenvalue weighted by Gasteiger charge is 2.24. The van der Waals surface area contributed by atoms with Crippen molar-refractivity contribution in [3.63, 3.8) is 0 Å². The molecular weight excluding hydrogens is 402 g/mol. The molecule has 7 heteroatoms. The molecule has 1 aromatic heterocycles. The van der Waals surface area contributed by atoms with Gasteiger partial charge in [-0.3, -0.25) is 14.7 Å². The SMILES string of the molecule is O=C(CCN1CCOC(c2ccc(Cc3ccccc3Cl)cn2)C1)N1CCOCC1. The standard InChI is InChI=1S/C23H28ClN3O3/c24-20-4-2-1-3-19(20)15-18-5-6-21(25-16-18)22-17-26(9-14-30-22)8-7-23(28)27-10-12-29-13-11-27/h1-6,16,22H,7-15,17H2. The van der Waals surface area contributed by atoms with Crippen molar-refractivity contribution in [3.8, 4) is 0 Å². The highest BCUT2D eigenvalue weighted by Crippen LogP contribution is 2.23. The molecule has 30 heavy (non-hydrogen) atoms. The second-order valence-electron chi connectivity index (χ2n) is 7.76. The third kappa shape index (κ3) is 5.58. The Kier molecular flexibility index (Phi) is 7.33. The average Bonchev–Trinajstić information content (AvgIpc) is 2.80. The Hall–Kier alpha value is -1.99. The monoisotopic (exact) mass is 429 g/mol. The van der Waals surface area contributed by atoms with Crippen molar-refractivity contribution >= 4 is 17.5 Å². The minimum atomic E-state index is -0.0633. The van der Waals surface area contributed by atoms with E-state index >= 15 is 0 Å². The van der Waals surface area contributed by atoms with Gasteiger partial charge in [0.15, 0.2) is 0 Å².